The lowest BCUT2D eigenvalue weighted by atomic mass is 10.0. The minimum absolute atomic E-state index is 0.0697. The predicted octanol–water partition coefficient (Wildman–Crippen LogP) is 1.77. The molecule has 0 heterocycles. The number of phenolic OH excluding ortho intramolecular Hbond substituents is 1. The van der Waals surface area contributed by atoms with Crippen LogP contribution in [-0.4, -0.2) is 24.1 Å². The van der Waals surface area contributed by atoms with E-state index in [-0.39, 0.29) is 17.7 Å². The van der Waals surface area contributed by atoms with Crippen molar-refractivity contribution in [2.75, 3.05) is 7.05 Å². The van der Waals surface area contributed by atoms with Gasteiger partial charge in [-0.1, -0.05) is 30.3 Å². The van der Waals surface area contributed by atoms with Gasteiger partial charge in [0.1, 0.15) is 5.75 Å². The summed E-state index contributed by atoms with van der Waals surface area (Å²) in [6, 6.07) is 11.1. The Labute approximate surface area is 112 Å². The van der Waals surface area contributed by atoms with E-state index in [9.17, 15) is 9.90 Å². The summed E-state index contributed by atoms with van der Waals surface area (Å²) >= 11 is 0. The van der Waals surface area contributed by atoms with E-state index < -0.39 is 0 Å². The second kappa shape index (κ2) is 5.71. The Morgan fingerprint density at radius 2 is 2.00 bits per heavy atom. The lowest BCUT2D eigenvalue weighted by Gasteiger charge is -2.14. The number of rotatable bonds is 4. The molecular weight excluding hydrogens is 240 g/mol. The van der Waals surface area contributed by atoms with Gasteiger partial charge in [0.25, 0.3) is 0 Å². The minimum Gasteiger partial charge on any atom is -0.508 e. The van der Waals surface area contributed by atoms with E-state index in [4.69, 9.17) is 0 Å². The molecule has 1 amide bonds. The van der Waals surface area contributed by atoms with Crippen LogP contribution in [-0.2, 0) is 11.3 Å². The van der Waals surface area contributed by atoms with Gasteiger partial charge in [0.15, 0.2) is 0 Å². The molecule has 1 atom stereocenters. The average molecular weight is 258 g/mol. The zero-order valence-electron chi connectivity index (χ0n) is 11.1. The summed E-state index contributed by atoms with van der Waals surface area (Å²) in [5, 5.41) is 17.7. The number of fused-ring (bicyclic) bond motifs is 1. The first-order valence-corrected chi connectivity index (χ1v) is 6.28. The number of benzene rings is 2. The molecule has 0 radical (unpaired) electrons. The number of amides is 1. The summed E-state index contributed by atoms with van der Waals surface area (Å²) in [7, 11) is 1.61. The number of nitrogens with one attached hydrogen (secondary N) is 2. The van der Waals surface area contributed by atoms with Gasteiger partial charge >= 0.3 is 0 Å². The number of carbonyl (C=O) groups excluding carboxylic acids is 1. The van der Waals surface area contributed by atoms with Crippen molar-refractivity contribution in [1.29, 1.82) is 0 Å². The fourth-order valence-electron chi connectivity index (χ4n) is 2.07. The van der Waals surface area contributed by atoms with E-state index in [1.807, 2.05) is 30.3 Å². The van der Waals surface area contributed by atoms with E-state index in [2.05, 4.69) is 10.6 Å². The molecule has 0 bridgehead atoms. The van der Waals surface area contributed by atoms with Gasteiger partial charge in [0, 0.05) is 19.2 Å². The van der Waals surface area contributed by atoms with E-state index >= 15 is 0 Å². The average Bonchev–Trinajstić information content (AvgIpc) is 2.45. The van der Waals surface area contributed by atoms with Crippen LogP contribution in [0.1, 0.15) is 12.5 Å². The summed E-state index contributed by atoms with van der Waals surface area (Å²) in [4.78, 5) is 11.4. The molecule has 3 N–H and O–H groups in total. The first-order chi connectivity index (χ1) is 9.13. The van der Waals surface area contributed by atoms with Gasteiger partial charge in [-0.25, -0.2) is 0 Å². The van der Waals surface area contributed by atoms with Gasteiger partial charge < -0.3 is 15.7 Å². The van der Waals surface area contributed by atoms with Crippen molar-refractivity contribution < 1.29 is 9.90 Å². The number of aromatic hydroxyl groups is 1. The van der Waals surface area contributed by atoms with Gasteiger partial charge in [0.05, 0.1) is 6.04 Å². The van der Waals surface area contributed by atoms with Crippen molar-refractivity contribution in [3.8, 4) is 5.75 Å². The Bertz CT molecular complexity index is 596. The van der Waals surface area contributed by atoms with E-state index in [1.165, 1.54) is 0 Å². The van der Waals surface area contributed by atoms with E-state index in [0.717, 1.165) is 16.3 Å². The van der Waals surface area contributed by atoms with Crippen LogP contribution in [0.5, 0.6) is 5.75 Å². The smallest absolute Gasteiger partial charge is 0.236 e. The molecule has 1 unspecified atom stereocenters. The fraction of sp³-hybridized carbons (Fsp3) is 0.267. The number of likely N-dealkylation sites (N-methyl/N-ethyl adjacent to an activating group) is 1. The number of hydrogen-bond acceptors (Lipinski definition) is 3. The lowest BCUT2D eigenvalue weighted by Crippen LogP contribution is -2.40. The Balaban J connectivity index is 2.25. The largest absolute Gasteiger partial charge is 0.508 e. The van der Waals surface area contributed by atoms with Crippen molar-refractivity contribution in [2.45, 2.75) is 19.5 Å². The van der Waals surface area contributed by atoms with Crippen LogP contribution in [0.4, 0.5) is 0 Å². The van der Waals surface area contributed by atoms with Crippen molar-refractivity contribution in [2.24, 2.45) is 0 Å². The monoisotopic (exact) mass is 258 g/mol. The molecule has 0 saturated heterocycles. The van der Waals surface area contributed by atoms with Crippen LogP contribution < -0.4 is 10.6 Å². The third-order valence-electron chi connectivity index (χ3n) is 3.24. The van der Waals surface area contributed by atoms with Crippen molar-refractivity contribution >= 4 is 16.7 Å². The first kappa shape index (κ1) is 13.4. The Hall–Kier alpha value is -2.07. The van der Waals surface area contributed by atoms with Crippen LogP contribution >= 0.6 is 0 Å². The number of carbonyl (C=O) groups is 1. The summed E-state index contributed by atoms with van der Waals surface area (Å²) < 4.78 is 0. The normalized spacial score (nSPS) is 12.3. The maximum absolute atomic E-state index is 11.4. The van der Waals surface area contributed by atoms with Gasteiger partial charge in [-0.2, -0.15) is 0 Å². The summed E-state index contributed by atoms with van der Waals surface area (Å²) in [6.45, 7) is 2.24. The van der Waals surface area contributed by atoms with E-state index in [0.29, 0.717) is 6.54 Å². The van der Waals surface area contributed by atoms with Crippen LogP contribution in [0, 0.1) is 0 Å². The molecule has 2 aromatic rings. The summed E-state index contributed by atoms with van der Waals surface area (Å²) in [5.74, 6) is 0.176. The maximum Gasteiger partial charge on any atom is 0.236 e. The predicted molar refractivity (Wildman–Crippen MR) is 76.0 cm³/mol. The second-order valence-electron chi connectivity index (χ2n) is 4.50. The van der Waals surface area contributed by atoms with Crippen molar-refractivity contribution in [3.05, 3.63) is 42.0 Å². The molecule has 19 heavy (non-hydrogen) atoms. The van der Waals surface area contributed by atoms with Gasteiger partial charge in [-0.15, -0.1) is 0 Å². The summed E-state index contributed by atoms with van der Waals surface area (Å²) in [5.41, 5.74) is 0.814. The van der Waals surface area contributed by atoms with Crippen LogP contribution in [0.25, 0.3) is 10.8 Å². The zero-order chi connectivity index (χ0) is 13.8. The molecule has 0 aromatic heterocycles. The van der Waals surface area contributed by atoms with Crippen LogP contribution in [0.15, 0.2) is 36.4 Å². The van der Waals surface area contributed by atoms with Crippen molar-refractivity contribution in [3.63, 3.8) is 0 Å². The molecule has 0 aliphatic heterocycles. The molecular formula is C15H18N2O2. The highest BCUT2D eigenvalue weighted by molar-refractivity contribution is 5.87. The second-order valence-corrected chi connectivity index (χ2v) is 4.50. The molecule has 0 spiro atoms. The molecule has 100 valence electrons. The third kappa shape index (κ3) is 2.85. The zero-order valence-corrected chi connectivity index (χ0v) is 11.1. The Morgan fingerprint density at radius 1 is 1.26 bits per heavy atom. The molecule has 2 rings (SSSR count). The highest BCUT2D eigenvalue weighted by Crippen LogP contribution is 2.26. The quantitative estimate of drug-likeness (QED) is 0.783. The summed E-state index contributed by atoms with van der Waals surface area (Å²) in [6.07, 6.45) is 0. The molecule has 2 aromatic carbocycles. The highest BCUT2D eigenvalue weighted by Gasteiger charge is 2.12. The minimum atomic E-state index is -0.302. The maximum atomic E-state index is 11.4. The molecule has 4 nitrogen and oxygen atoms in total. The SMILES string of the molecule is CNC(=O)C(C)NCc1c(O)ccc2ccccc12. The third-order valence-corrected chi connectivity index (χ3v) is 3.24. The molecule has 0 saturated carbocycles. The first-order valence-electron chi connectivity index (χ1n) is 6.28. The van der Waals surface area contributed by atoms with Gasteiger partial charge in [-0.05, 0) is 23.8 Å². The van der Waals surface area contributed by atoms with Crippen LogP contribution in [0.2, 0.25) is 0 Å². The standard InChI is InChI=1S/C15H18N2O2/c1-10(15(19)16-2)17-9-13-12-6-4-3-5-11(12)7-8-14(13)18/h3-8,10,17-18H,9H2,1-2H3,(H,16,19). The molecule has 0 aliphatic carbocycles. The van der Waals surface area contributed by atoms with Gasteiger partial charge in [-0.3, -0.25) is 4.79 Å². The Kier molecular flexibility index (Phi) is 4.02. The lowest BCUT2D eigenvalue weighted by molar-refractivity contribution is -0.122. The number of hydrogen-bond donors (Lipinski definition) is 3. The molecule has 0 fully saturated rings. The Morgan fingerprint density at radius 3 is 2.74 bits per heavy atom. The van der Waals surface area contributed by atoms with Gasteiger partial charge in [0.2, 0.25) is 5.91 Å². The van der Waals surface area contributed by atoms with Crippen molar-refractivity contribution in [1.82, 2.24) is 10.6 Å². The topological polar surface area (TPSA) is 61.4 Å². The molecule has 4 heteroatoms. The highest BCUT2D eigenvalue weighted by atomic mass is 16.3. The fourth-order valence-corrected chi connectivity index (χ4v) is 2.07. The molecule has 0 aliphatic rings. The van der Waals surface area contributed by atoms with E-state index in [1.54, 1.807) is 20.0 Å². The van der Waals surface area contributed by atoms with Crippen LogP contribution in [0.3, 0.4) is 0 Å². The number of phenols is 1.